The molecule has 0 aromatic carbocycles. The van der Waals surface area contributed by atoms with Gasteiger partial charge in [0.15, 0.2) is 0 Å². The Morgan fingerprint density at radius 1 is 1.42 bits per heavy atom. The highest BCUT2D eigenvalue weighted by Gasteiger charge is 1.94. The van der Waals surface area contributed by atoms with Crippen molar-refractivity contribution in [2.45, 2.75) is 32.7 Å². The molecule has 0 aliphatic rings. The Balaban J connectivity index is 1.96. The zero-order valence-corrected chi connectivity index (χ0v) is 8.57. The van der Waals surface area contributed by atoms with E-state index in [1.807, 2.05) is 0 Å². The van der Waals surface area contributed by atoms with Crippen molar-refractivity contribution in [2.75, 3.05) is 6.54 Å². The summed E-state index contributed by atoms with van der Waals surface area (Å²) in [5, 5.41) is 6.78. The van der Waals surface area contributed by atoms with Gasteiger partial charge in [0.1, 0.15) is 6.54 Å². The van der Waals surface area contributed by atoms with Crippen LogP contribution in [0.25, 0.3) is 0 Å². The second-order valence-electron chi connectivity index (χ2n) is 3.12. The normalized spacial score (nSPS) is 10.4. The minimum absolute atomic E-state index is 1.16. The van der Waals surface area contributed by atoms with Gasteiger partial charge in [-0.25, -0.2) is 0 Å². The molecule has 0 saturated heterocycles. The first kappa shape index (κ1) is 9.75. The standard InChI is InChI=1S/C10H17NS/c1-2-3-4-6-11-8-10-5-7-12-9-10/h5,7,9,11H,2-4,6,8H2,1H3/p+1. The molecule has 0 aliphatic heterocycles. The van der Waals surface area contributed by atoms with Crippen LogP contribution in [0, 0.1) is 0 Å². The predicted octanol–water partition coefficient (Wildman–Crippen LogP) is 2.00. The van der Waals surface area contributed by atoms with Crippen molar-refractivity contribution in [3.05, 3.63) is 22.4 Å². The number of quaternary nitrogens is 1. The monoisotopic (exact) mass is 184 g/mol. The molecule has 68 valence electrons. The van der Waals surface area contributed by atoms with Gasteiger partial charge in [-0.15, -0.1) is 0 Å². The lowest BCUT2D eigenvalue weighted by Gasteiger charge is -1.98. The van der Waals surface area contributed by atoms with Crippen molar-refractivity contribution < 1.29 is 5.32 Å². The van der Waals surface area contributed by atoms with E-state index in [1.54, 1.807) is 11.3 Å². The summed E-state index contributed by atoms with van der Waals surface area (Å²) in [4.78, 5) is 0. The van der Waals surface area contributed by atoms with Gasteiger partial charge >= 0.3 is 0 Å². The van der Waals surface area contributed by atoms with Crippen LogP contribution >= 0.6 is 11.3 Å². The van der Waals surface area contributed by atoms with Crippen molar-refractivity contribution in [3.8, 4) is 0 Å². The predicted molar refractivity (Wildman–Crippen MR) is 54.3 cm³/mol. The van der Waals surface area contributed by atoms with E-state index in [0.29, 0.717) is 0 Å². The zero-order chi connectivity index (χ0) is 8.65. The Labute approximate surface area is 78.8 Å². The van der Waals surface area contributed by atoms with Gasteiger partial charge in [0, 0.05) is 5.56 Å². The van der Waals surface area contributed by atoms with Crippen LogP contribution in [0.15, 0.2) is 16.8 Å². The highest BCUT2D eigenvalue weighted by atomic mass is 32.1. The molecule has 1 aromatic rings. The van der Waals surface area contributed by atoms with Crippen LogP contribution in [-0.2, 0) is 6.54 Å². The molecule has 0 unspecified atom stereocenters. The molecule has 0 saturated carbocycles. The first-order valence-electron chi connectivity index (χ1n) is 4.76. The number of hydrogen-bond donors (Lipinski definition) is 1. The maximum atomic E-state index is 2.40. The van der Waals surface area contributed by atoms with Crippen molar-refractivity contribution in [1.82, 2.24) is 0 Å². The Kier molecular flexibility index (Phi) is 5.04. The first-order valence-corrected chi connectivity index (χ1v) is 5.70. The van der Waals surface area contributed by atoms with Gasteiger partial charge in [0.2, 0.25) is 0 Å². The van der Waals surface area contributed by atoms with Crippen molar-refractivity contribution in [1.29, 1.82) is 0 Å². The molecule has 0 fully saturated rings. The molecule has 0 radical (unpaired) electrons. The van der Waals surface area contributed by atoms with Gasteiger partial charge in [0.05, 0.1) is 6.54 Å². The zero-order valence-electron chi connectivity index (χ0n) is 7.75. The maximum absolute atomic E-state index is 2.40. The summed E-state index contributed by atoms with van der Waals surface area (Å²) < 4.78 is 0. The van der Waals surface area contributed by atoms with Crippen LogP contribution in [0.2, 0.25) is 0 Å². The van der Waals surface area contributed by atoms with E-state index >= 15 is 0 Å². The summed E-state index contributed by atoms with van der Waals surface area (Å²) in [5.74, 6) is 0. The highest BCUT2D eigenvalue weighted by molar-refractivity contribution is 7.07. The fourth-order valence-electron chi connectivity index (χ4n) is 1.22. The molecule has 12 heavy (non-hydrogen) atoms. The Bertz CT molecular complexity index is 182. The average molecular weight is 184 g/mol. The molecular weight excluding hydrogens is 166 g/mol. The van der Waals surface area contributed by atoms with E-state index in [9.17, 15) is 0 Å². The summed E-state index contributed by atoms with van der Waals surface area (Å²) in [7, 11) is 0. The second-order valence-corrected chi connectivity index (χ2v) is 3.90. The molecule has 0 aliphatic carbocycles. The molecule has 0 amide bonds. The third-order valence-corrected chi connectivity index (χ3v) is 2.70. The number of rotatable bonds is 6. The topological polar surface area (TPSA) is 16.6 Å². The van der Waals surface area contributed by atoms with E-state index in [-0.39, 0.29) is 0 Å². The van der Waals surface area contributed by atoms with Gasteiger partial charge < -0.3 is 5.32 Å². The lowest BCUT2D eigenvalue weighted by molar-refractivity contribution is -0.670. The van der Waals surface area contributed by atoms with E-state index in [4.69, 9.17) is 0 Å². The summed E-state index contributed by atoms with van der Waals surface area (Å²) >= 11 is 1.79. The SMILES string of the molecule is CCCCC[NH2+]Cc1ccsc1. The van der Waals surface area contributed by atoms with Crippen LogP contribution in [0.5, 0.6) is 0 Å². The molecule has 1 rings (SSSR count). The fourth-order valence-corrected chi connectivity index (χ4v) is 1.90. The molecule has 0 bridgehead atoms. The van der Waals surface area contributed by atoms with Crippen LogP contribution < -0.4 is 5.32 Å². The Morgan fingerprint density at radius 2 is 2.33 bits per heavy atom. The first-order chi connectivity index (χ1) is 5.93. The fraction of sp³-hybridized carbons (Fsp3) is 0.600. The van der Waals surface area contributed by atoms with E-state index < -0.39 is 0 Å². The summed E-state index contributed by atoms with van der Waals surface area (Å²) in [6, 6.07) is 2.21. The average Bonchev–Trinajstić information content (AvgIpc) is 2.57. The number of nitrogens with two attached hydrogens (primary N) is 1. The molecule has 2 N–H and O–H groups in total. The molecule has 1 aromatic heterocycles. The third-order valence-electron chi connectivity index (χ3n) is 1.97. The van der Waals surface area contributed by atoms with Crippen LogP contribution in [0.4, 0.5) is 0 Å². The van der Waals surface area contributed by atoms with Crippen molar-refractivity contribution in [2.24, 2.45) is 0 Å². The van der Waals surface area contributed by atoms with Crippen LogP contribution in [0.3, 0.4) is 0 Å². The number of unbranched alkanes of at least 4 members (excludes halogenated alkanes) is 2. The third kappa shape index (κ3) is 3.88. The lowest BCUT2D eigenvalue weighted by Crippen LogP contribution is -2.82. The molecule has 2 heteroatoms. The summed E-state index contributed by atoms with van der Waals surface area (Å²) in [6.45, 7) is 4.69. The minimum Gasteiger partial charge on any atom is -0.342 e. The van der Waals surface area contributed by atoms with E-state index in [2.05, 4.69) is 29.1 Å². The smallest absolute Gasteiger partial charge is 0.102 e. The van der Waals surface area contributed by atoms with E-state index in [1.165, 1.54) is 31.4 Å². The van der Waals surface area contributed by atoms with Gasteiger partial charge in [-0.1, -0.05) is 13.3 Å². The maximum Gasteiger partial charge on any atom is 0.102 e. The number of thiophene rings is 1. The van der Waals surface area contributed by atoms with E-state index in [0.717, 1.165) is 6.54 Å². The van der Waals surface area contributed by atoms with Crippen molar-refractivity contribution >= 4 is 11.3 Å². The van der Waals surface area contributed by atoms with Crippen LogP contribution in [-0.4, -0.2) is 6.54 Å². The summed E-state index contributed by atoms with van der Waals surface area (Å²) in [5.41, 5.74) is 1.47. The molecule has 1 heterocycles. The van der Waals surface area contributed by atoms with Crippen molar-refractivity contribution in [3.63, 3.8) is 0 Å². The second kappa shape index (κ2) is 6.21. The lowest BCUT2D eigenvalue weighted by atomic mass is 10.2. The molecule has 1 nitrogen and oxygen atoms in total. The Morgan fingerprint density at radius 3 is 3.00 bits per heavy atom. The summed E-state index contributed by atoms with van der Waals surface area (Å²) in [6.07, 6.45) is 4.06. The molecular formula is C10H18NS+. The van der Waals surface area contributed by atoms with Gasteiger partial charge in [-0.05, 0) is 29.7 Å². The van der Waals surface area contributed by atoms with Crippen LogP contribution in [0.1, 0.15) is 31.7 Å². The van der Waals surface area contributed by atoms with Gasteiger partial charge in [0.25, 0.3) is 0 Å². The minimum atomic E-state index is 1.16. The van der Waals surface area contributed by atoms with Gasteiger partial charge in [-0.2, -0.15) is 11.3 Å². The highest BCUT2D eigenvalue weighted by Crippen LogP contribution is 2.02. The number of hydrogen-bond acceptors (Lipinski definition) is 1. The molecule has 0 spiro atoms. The quantitative estimate of drug-likeness (QED) is 0.651. The Hall–Kier alpha value is -0.340. The molecule has 0 atom stereocenters. The van der Waals surface area contributed by atoms with Gasteiger partial charge in [-0.3, -0.25) is 0 Å². The largest absolute Gasteiger partial charge is 0.342 e.